The molecule has 2 atom stereocenters. The first-order chi connectivity index (χ1) is 22.3. The maximum atomic E-state index is 14.5. The van der Waals surface area contributed by atoms with Crippen LogP contribution in [0.25, 0.3) is 0 Å². The smallest absolute Gasteiger partial charge is 0.325 e. The van der Waals surface area contributed by atoms with Gasteiger partial charge in [0.15, 0.2) is 22.8 Å². The maximum absolute atomic E-state index is 14.5. The van der Waals surface area contributed by atoms with Crippen LogP contribution >= 0.6 is 0 Å². The van der Waals surface area contributed by atoms with E-state index in [2.05, 4.69) is 0 Å². The van der Waals surface area contributed by atoms with E-state index in [1.165, 1.54) is 0 Å². The molecule has 0 aromatic heterocycles. The Balaban J connectivity index is 1.28. The molecule has 3 aromatic carbocycles. The van der Waals surface area contributed by atoms with Gasteiger partial charge < -0.3 is 9.47 Å². The molecule has 3 aliphatic rings. The summed E-state index contributed by atoms with van der Waals surface area (Å²) in [4.78, 5) is 74.1. The Hall–Kier alpha value is -4.51. The molecule has 0 spiro atoms. The summed E-state index contributed by atoms with van der Waals surface area (Å²) in [6.07, 6.45) is -0.716. The molecule has 3 heterocycles. The van der Waals surface area contributed by atoms with Gasteiger partial charge in [0.1, 0.15) is 25.5 Å². The van der Waals surface area contributed by atoms with Gasteiger partial charge in [-0.15, -0.1) is 0 Å². The van der Waals surface area contributed by atoms with Crippen molar-refractivity contribution in [3.05, 3.63) is 108 Å². The first kappa shape index (κ1) is 31.5. The van der Waals surface area contributed by atoms with E-state index < -0.39 is 46.8 Å². The average molecular weight is 624 g/mol. The van der Waals surface area contributed by atoms with E-state index in [4.69, 9.17) is 9.47 Å². The van der Waals surface area contributed by atoms with Crippen LogP contribution in [-0.4, -0.2) is 82.6 Å². The zero-order chi connectivity index (χ0) is 32.1. The zero-order valence-corrected chi connectivity index (χ0v) is 25.6. The number of piperidine rings is 1. The van der Waals surface area contributed by atoms with Crippen molar-refractivity contribution in [3.8, 4) is 0 Å². The summed E-state index contributed by atoms with van der Waals surface area (Å²) in [6.45, 7) is 1.43. The van der Waals surface area contributed by atoms with Crippen LogP contribution in [0.15, 0.2) is 91.0 Å². The SMILES string of the molecule is O=C1OCN(Cc2ccccc2)[C@H]1CC(=O)C1(C(=O)C[C@H]2C(=O)OCN2Cc2ccccc2)CN(Cc2ccccc2)CCC1=O. The van der Waals surface area contributed by atoms with Crippen LogP contribution in [0.5, 0.6) is 0 Å². The first-order valence-corrected chi connectivity index (χ1v) is 15.6. The fourth-order valence-corrected chi connectivity index (χ4v) is 6.63. The number of esters is 2. The van der Waals surface area contributed by atoms with Crippen molar-refractivity contribution in [2.75, 3.05) is 26.6 Å². The molecule has 0 unspecified atom stereocenters. The van der Waals surface area contributed by atoms with Crippen molar-refractivity contribution < 1.29 is 33.4 Å². The molecule has 0 bridgehead atoms. The van der Waals surface area contributed by atoms with Crippen LogP contribution in [0.3, 0.4) is 0 Å². The minimum Gasteiger partial charge on any atom is -0.448 e. The molecule has 10 nitrogen and oxygen atoms in total. The average Bonchev–Trinajstić information content (AvgIpc) is 3.59. The Morgan fingerprint density at radius 1 is 0.630 bits per heavy atom. The fourth-order valence-electron chi connectivity index (χ4n) is 6.63. The molecule has 3 aliphatic heterocycles. The van der Waals surface area contributed by atoms with E-state index in [1.54, 1.807) is 9.80 Å². The van der Waals surface area contributed by atoms with Gasteiger partial charge in [-0.2, -0.15) is 0 Å². The molecular formula is C36H37N3O7. The Bertz CT molecular complexity index is 1500. The first-order valence-electron chi connectivity index (χ1n) is 15.6. The molecule has 10 heteroatoms. The summed E-state index contributed by atoms with van der Waals surface area (Å²) in [5.41, 5.74) is 0.817. The van der Waals surface area contributed by atoms with Crippen molar-refractivity contribution in [1.29, 1.82) is 0 Å². The van der Waals surface area contributed by atoms with Crippen LogP contribution in [0.2, 0.25) is 0 Å². The second-order valence-corrected chi connectivity index (χ2v) is 12.2. The van der Waals surface area contributed by atoms with Gasteiger partial charge in [0.2, 0.25) is 0 Å². The Morgan fingerprint density at radius 3 is 1.48 bits per heavy atom. The molecule has 3 aromatic rings. The number of cyclic esters (lactones) is 2. The second-order valence-electron chi connectivity index (χ2n) is 12.2. The van der Waals surface area contributed by atoms with Gasteiger partial charge in [-0.05, 0) is 16.7 Å². The number of rotatable bonds is 12. The van der Waals surface area contributed by atoms with Crippen molar-refractivity contribution >= 4 is 29.3 Å². The summed E-state index contributed by atoms with van der Waals surface area (Å²) < 4.78 is 10.7. The zero-order valence-electron chi connectivity index (χ0n) is 25.6. The molecule has 3 saturated heterocycles. The van der Waals surface area contributed by atoms with Gasteiger partial charge in [-0.1, -0.05) is 91.0 Å². The minimum atomic E-state index is -2.03. The summed E-state index contributed by atoms with van der Waals surface area (Å²) in [7, 11) is 0. The van der Waals surface area contributed by atoms with Crippen LogP contribution in [0.1, 0.15) is 36.0 Å². The lowest BCUT2D eigenvalue weighted by Gasteiger charge is -2.40. The van der Waals surface area contributed by atoms with E-state index in [1.807, 2.05) is 95.9 Å². The lowest BCUT2D eigenvalue weighted by atomic mass is 9.68. The standard InChI is InChI=1S/C36H37N3O7/c40-31-16-17-37(20-26-10-4-1-5-11-26)23-36(31,32(41)18-29-34(43)45-24-38(29)21-27-12-6-2-7-13-27)33(42)19-30-35(44)46-25-39(30)22-28-14-8-3-9-15-28/h1-15,29-30H,16-25H2/t29-,30-/m0/s1. The van der Waals surface area contributed by atoms with E-state index in [9.17, 15) is 24.0 Å². The highest BCUT2D eigenvalue weighted by Crippen LogP contribution is 2.36. The van der Waals surface area contributed by atoms with Crippen molar-refractivity contribution in [3.63, 3.8) is 0 Å². The van der Waals surface area contributed by atoms with Crippen molar-refractivity contribution in [2.24, 2.45) is 5.41 Å². The molecule has 238 valence electrons. The predicted molar refractivity (Wildman–Crippen MR) is 166 cm³/mol. The molecule has 0 N–H and O–H groups in total. The molecule has 46 heavy (non-hydrogen) atoms. The van der Waals surface area contributed by atoms with E-state index in [0.717, 1.165) is 16.7 Å². The highest BCUT2D eigenvalue weighted by Gasteiger charge is 2.56. The quantitative estimate of drug-likeness (QED) is 0.220. The number of likely N-dealkylation sites (tertiary alicyclic amines) is 1. The number of ketones is 3. The highest BCUT2D eigenvalue weighted by molar-refractivity contribution is 6.25. The third kappa shape index (κ3) is 6.69. The summed E-state index contributed by atoms with van der Waals surface area (Å²) in [6, 6.07) is 26.7. The van der Waals surface area contributed by atoms with Gasteiger partial charge in [0, 0.05) is 52.0 Å². The number of ether oxygens (including phenoxy) is 2. The number of benzene rings is 3. The largest absolute Gasteiger partial charge is 0.448 e. The summed E-state index contributed by atoms with van der Waals surface area (Å²) in [5.74, 6) is -2.85. The molecular weight excluding hydrogens is 586 g/mol. The highest BCUT2D eigenvalue weighted by atomic mass is 16.6. The summed E-state index contributed by atoms with van der Waals surface area (Å²) in [5, 5.41) is 0. The number of hydrogen-bond donors (Lipinski definition) is 0. The maximum Gasteiger partial charge on any atom is 0.325 e. The lowest BCUT2D eigenvalue weighted by Crippen LogP contribution is -2.59. The van der Waals surface area contributed by atoms with Gasteiger partial charge in [-0.25, -0.2) is 0 Å². The third-order valence-electron chi connectivity index (χ3n) is 9.18. The van der Waals surface area contributed by atoms with Gasteiger partial charge in [0.25, 0.3) is 0 Å². The van der Waals surface area contributed by atoms with Gasteiger partial charge in [-0.3, -0.25) is 38.7 Å². The Morgan fingerprint density at radius 2 is 1.04 bits per heavy atom. The predicted octanol–water partition coefficient (Wildman–Crippen LogP) is 3.14. The molecule has 0 radical (unpaired) electrons. The number of carbonyl (C=O) groups excluding carboxylic acids is 5. The normalized spacial score (nSPS) is 22.0. The molecule has 0 aliphatic carbocycles. The van der Waals surface area contributed by atoms with Gasteiger partial charge in [0.05, 0.1) is 0 Å². The number of carbonyl (C=O) groups is 5. The minimum absolute atomic E-state index is 0.00304. The molecule has 0 amide bonds. The van der Waals surface area contributed by atoms with Crippen LogP contribution in [0.4, 0.5) is 0 Å². The topological polar surface area (TPSA) is 114 Å². The van der Waals surface area contributed by atoms with E-state index in [-0.39, 0.29) is 39.3 Å². The number of hydrogen-bond acceptors (Lipinski definition) is 10. The van der Waals surface area contributed by atoms with Crippen molar-refractivity contribution in [1.82, 2.24) is 14.7 Å². The Labute approximate surface area is 267 Å². The molecule has 3 fully saturated rings. The Kier molecular flexibility index (Phi) is 9.48. The summed E-state index contributed by atoms with van der Waals surface area (Å²) >= 11 is 0. The second kappa shape index (κ2) is 13.9. The fraction of sp³-hybridized carbons (Fsp3) is 0.361. The van der Waals surface area contributed by atoms with E-state index >= 15 is 0 Å². The monoisotopic (exact) mass is 623 g/mol. The van der Waals surface area contributed by atoms with Crippen molar-refractivity contribution in [2.45, 2.75) is 51.0 Å². The third-order valence-corrected chi connectivity index (χ3v) is 9.18. The number of nitrogens with zero attached hydrogens (tertiary/aromatic N) is 3. The number of Topliss-reactive ketones (excluding diaryl/α,β-unsaturated/α-hetero) is 3. The van der Waals surface area contributed by atoms with Gasteiger partial charge >= 0.3 is 11.9 Å². The van der Waals surface area contributed by atoms with E-state index in [0.29, 0.717) is 26.2 Å². The molecule has 0 saturated carbocycles. The van der Waals surface area contributed by atoms with Crippen LogP contribution in [0, 0.1) is 5.41 Å². The van der Waals surface area contributed by atoms with Crippen LogP contribution in [-0.2, 0) is 53.1 Å². The van der Waals surface area contributed by atoms with Crippen LogP contribution < -0.4 is 0 Å². The lowest BCUT2D eigenvalue weighted by molar-refractivity contribution is -0.156. The molecule has 6 rings (SSSR count).